The fourth-order valence-corrected chi connectivity index (χ4v) is 3.34. The maximum Gasteiger partial charge on any atom is 0.238 e. The summed E-state index contributed by atoms with van der Waals surface area (Å²) in [4.78, 5) is 0. The minimum atomic E-state index is -3.43. The highest BCUT2D eigenvalue weighted by Gasteiger charge is 2.53. The quantitative estimate of drug-likeness (QED) is 0.704. The SMILES string of the molecule is CC(C)(C#N)CCCC1(S(=O)(=O)Cl)CC1. The molecule has 5 heteroatoms. The Morgan fingerprint density at radius 2 is 2.00 bits per heavy atom. The molecule has 0 aromatic heterocycles. The fourth-order valence-electron chi connectivity index (χ4n) is 1.66. The molecule has 0 aromatic carbocycles. The zero-order chi connectivity index (χ0) is 11.7. The standard InChI is InChI=1S/C10H16ClNO2S/c1-9(2,8-12)4-3-5-10(6-7-10)15(11,13)14/h3-7H2,1-2H3. The van der Waals surface area contributed by atoms with Crippen molar-refractivity contribution in [3.63, 3.8) is 0 Å². The second-order valence-corrected chi connectivity index (χ2v) is 7.93. The van der Waals surface area contributed by atoms with Crippen LogP contribution in [-0.2, 0) is 9.05 Å². The summed E-state index contributed by atoms with van der Waals surface area (Å²) in [6, 6.07) is 2.20. The van der Waals surface area contributed by atoms with Gasteiger partial charge in [-0.05, 0) is 39.5 Å². The minimum Gasteiger partial charge on any atom is -0.212 e. The fraction of sp³-hybridized carbons (Fsp3) is 0.900. The van der Waals surface area contributed by atoms with Crippen molar-refractivity contribution < 1.29 is 8.42 Å². The molecule has 0 heterocycles. The van der Waals surface area contributed by atoms with Gasteiger partial charge >= 0.3 is 0 Å². The number of halogens is 1. The molecule has 86 valence electrons. The molecule has 1 aliphatic rings. The normalized spacial score (nSPS) is 19.6. The summed E-state index contributed by atoms with van der Waals surface area (Å²) < 4.78 is 21.8. The van der Waals surface area contributed by atoms with Crippen LogP contribution < -0.4 is 0 Å². The first-order chi connectivity index (χ1) is 6.72. The summed E-state index contributed by atoms with van der Waals surface area (Å²) in [5.74, 6) is 0. The monoisotopic (exact) mass is 249 g/mol. The smallest absolute Gasteiger partial charge is 0.212 e. The van der Waals surface area contributed by atoms with Crippen LogP contribution in [0.1, 0.15) is 46.0 Å². The lowest BCUT2D eigenvalue weighted by Crippen LogP contribution is -2.19. The molecule has 0 spiro atoms. The molecule has 1 saturated carbocycles. The first kappa shape index (κ1) is 12.8. The van der Waals surface area contributed by atoms with Crippen LogP contribution in [0, 0.1) is 16.7 Å². The third-order valence-corrected chi connectivity index (χ3v) is 5.69. The second kappa shape index (κ2) is 3.95. The molecule has 0 aromatic rings. The van der Waals surface area contributed by atoms with Crippen LogP contribution in [0.5, 0.6) is 0 Å². The molecule has 1 fully saturated rings. The van der Waals surface area contributed by atoms with Gasteiger partial charge in [-0.25, -0.2) is 8.42 Å². The lowest BCUT2D eigenvalue weighted by atomic mass is 9.88. The van der Waals surface area contributed by atoms with Gasteiger partial charge < -0.3 is 0 Å². The Bertz CT molecular complexity index is 377. The van der Waals surface area contributed by atoms with Crippen molar-refractivity contribution >= 4 is 19.7 Å². The van der Waals surface area contributed by atoms with E-state index in [0.717, 1.165) is 12.8 Å². The summed E-state index contributed by atoms with van der Waals surface area (Å²) in [5.41, 5.74) is -0.369. The molecule has 1 aliphatic carbocycles. The van der Waals surface area contributed by atoms with Crippen LogP contribution in [0.2, 0.25) is 0 Å². The number of hydrogen-bond acceptors (Lipinski definition) is 3. The average molecular weight is 250 g/mol. The van der Waals surface area contributed by atoms with Gasteiger partial charge in [0.2, 0.25) is 9.05 Å². The summed E-state index contributed by atoms with van der Waals surface area (Å²) in [5, 5.41) is 8.80. The first-order valence-electron chi connectivity index (χ1n) is 5.08. The van der Waals surface area contributed by atoms with Gasteiger partial charge in [0.25, 0.3) is 0 Å². The molecule has 0 unspecified atom stereocenters. The number of hydrogen-bond donors (Lipinski definition) is 0. The summed E-state index contributed by atoms with van der Waals surface area (Å²) >= 11 is 0. The lowest BCUT2D eigenvalue weighted by molar-refractivity contribution is 0.420. The molecule has 15 heavy (non-hydrogen) atoms. The molecule has 0 radical (unpaired) electrons. The highest BCUT2D eigenvalue weighted by Crippen LogP contribution is 2.49. The van der Waals surface area contributed by atoms with Crippen LogP contribution in [0.3, 0.4) is 0 Å². The zero-order valence-corrected chi connectivity index (χ0v) is 10.7. The molecule has 0 aliphatic heterocycles. The second-order valence-electron chi connectivity index (χ2n) is 4.97. The molecular weight excluding hydrogens is 234 g/mol. The van der Waals surface area contributed by atoms with Gasteiger partial charge in [0, 0.05) is 10.7 Å². The largest absolute Gasteiger partial charge is 0.238 e. The first-order valence-corrected chi connectivity index (χ1v) is 7.39. The predicted molar refractivity (Wildman–Crippen MR) is 60.0 cm³/mol. The highest BCUT2D eigenvalue weighted by atomic mass is 35.7. The van der Waals surface area contributed by atoms with Gasteiger partial charge in [-0.3, -0.25) is 0 Å². The van der Waals surface area contributed by atoms with E-state index < -0.39 is 13.8 Å². The molecule has 1 rings (SSSR count). The molecule has 0 N–H and O–H groups in total. The van der Waals surface area contributed by atoms with Crippen LogP contribution in [0.4, 0.5) is 0 Å². The lowest BCUT2D eigenvalue weighted by Gasteiger charge is -2.16. The molecule has 0 bridgehead atoms. The van der Waals surface area contributed by atoms with Gasteiger partial charge in [-0.2, -0.15) is 5.26 Å². The molecule has 0 amide bonds. The van der Waals surface area contributed by atoms with E-state index in [-0.39, 0.29) is 5.41 Å². The maximum atomic E-state index is 11.2. The Labute approximate surface area is 95.8 Å². The molecule has 0 saturated heterocycles. The van der Waals surface area contributed by atoms with E-state index in [1.807, 2.05) is 13.8 Å². The van der Waals surface area contributed by atoms with Crippen molar-refractivity contribution in [2.24, 2.45) is 5.41 Å². The topological polar surface area (TPSA) is 57.9 Å². The molecule has 3 nitrogen and oxygen atoms in total. The van der Waals surface area contributed by atoms with Crippen LogP contribution >= 0.6 is 10.7 Å². The number of nitrogens with zero attached hydrogens (tertiary/aromatic N) is 1. The molecular formula is C10H16ClNO2S. The van der Waals surface area contributed by atoms with Crippen molar-refractivity contribution in [1.29, 1.82) is 5.26 Å². The van der Waals surface area contributed by atoms with Crippen molar-refractivity contribution in [2.45, 2.75) is 50.7 Å². The summed E-state index contributed by atoms with van der Waals surface area (Å²) in [7, 11) is 1.95. The summed E-state index contributed by atoms with van der Waals surface area (Å²) in [6.45, 7) is 3.73. The van der Waals surface area contributed by atoms with E-state index >= 15 is 0 Å². The van der Waals surface area contributed by atoms with Crippen LogP contribution in [-0.4, -0.2) is 13.2 Å². The third-order valence-electron chi connectivity index (χ3n) is 3.06. The van der Waals surface area contributed by atoms with Gasteiger partial charge in [0.15, 0.2) is 0 Å². The van der Waals surface area contributed by atoms with Gasteiger partial charge in [-0.1, -0.05) is 6.42 Å². The zero-order valence-electron chi connectivity index (χ0n) is 9.09. The van der Waals surface area contributed by atoms with Gasteiger partial charge in [0.05, 0.1) is 16.2 Å². The Kier molecular flexibility index (Phi) is 3.37. The van der Waals surface area contributed by atoms with Crippen molar-refractivity contribution in [3.05, 3.63) is 0 Å². The molecule has 0 atom stereocenters. The minimum absolute atomic E-state index is 0.369. The number of rotatable bonds is 5. The van der Waals surface area contributed by atoms with E-state index in [4.69, 9.17) is 15.9 Å². The van der Waals surface area contributed by atoms with Crippen molar-refractivity contribution in [2.75, 3.05) is 0 Å². The van der Waals surface area contributed by atoms with E-state index in [1.54, 1.807) is 0 Å². The van der Waals surface area contributed by atoms with E-state index in [1.165, 1.54) is 0 Å². The Morgan fingerprint density at radius 1 is 1.47 bits per heavy atom. The Morgan fingerprint density at radius 3 is 2.33 bits per heavy atom. The van der Waals surface area contributed by atoms with Crippen molar-refractivity contribution in [1.82, 2.24) is 0 Å². The van der Waals surface area contributed by atoms with E-state index in [9.17, 15) is 8.42 Å². The van der Waals surface area contributed by atoms with E-state index in [2.05, 4.69) is 6.07 Å². The van der Waals surface area contributed by atoms with Crippen molar-refractivity contribution in [3.8, 4) is 6.07 Å². The predicted octanol–water partition coefficient (Wildman–Crippen LogP) is 2.81. The average Bonchev–Trinajstić information content (AvgIpc) is 2.84. The van der Waals surface area contributed by atoms with Gasteiger partial charge in [0.1, 0.15) is 0 Å². The maximum absolute atomic E-state index is 11.2. The third kappa shape index (κ3) is 3.09. The van der Waals surface area contributed by atoms with Gasteiger partial charge in [-0.15, -0.1) is 0 Å². The highest BCUT2D eigenvalue weighted by molar-refractivity contribution is 8.15. The van der Waals surface area contributed by atoms with E-state index in [0.29, 0.717) is 19.3 Å². The Balaban J connectivity index is 2.44. The number of nitriles is 1. The van der Waals surface area contributed by atoms with Crippen LogP contribution in [0.15, 0.2) is 0 Å². The Hall–Kier alpha value is -0.270. The summed E-state index contributed by atoms with van der Waals surface area (Å²) in [6.07, 6.45) is 3.39. The van der Waals surface area contributed by atoms with Crippen LogP contribution in [0.25, 0.3) is 0 Å².